The Hall–Kier alpha value is -2.87. The molecule has 0 saturated heterocycles. The molecule has 3 amide bonds. The lowest BCUT2D eigenvalue weighted by atomic mass is 10.1. The van der Waals surface area contributed by atoms with Crippen LogP contribution in [0.3, 0.4) is 0 Å². The van der Waals surface area contributed by atoms with Crippen molar-refractivity contribution in [2.24, 2.45) is 5.73 Å². The highest BCUT2D eigenvalue weighted by atomic mass is 79.9. The second-order valence-electron chi connectivity index (χ2n) is 6.81. The van der Waals surface area contributed by atoms with Crippen LogP contribution in [0, 0.1) is 0 Å². The molecule has 0 saturated carbocycles. The summed E-state index contributed by atoms with van der Waals surface area (Å²) in [4.78, 5) is 40.1. The van der Waals surface area contributed by atoms with Gasteiger partial charge in [0.05, 0.1) is 5.69 Å². The Morgan fingerprint density at radius 1 is 1.24 bits per heavy atom. The van der Waals surface area contributed by atoms with Crippen LogP contribution >= 0.6 is 15.9 Å². The lowest BCUT2D eigenvalue weighted by Gasteiger charge is -2.33. The van der Waals surface area contributed by atoms with E-state index in [1.165, 1.54) is 4.90 Å². The maximum Gasteiger partial charge on any atom is 0.265 e. The number of nitrogens with zero attached hydrogens (tertiary/aromatic N) is 2. The van der Waals surface area contributed by atoms with Gasteiger partial charge in [-0.2, -0.15) is 0 Å². The zero-order chi connectivity index (χ0) is 21.1. The topological polar surface area (TPSA) is 92.9 Å². The molecule has 2 aromatic rings. The molecule has 0 fully saturated rings. The summed E-state index contributed by atoms with van der Waals surface area (Å²) >= 11 is 3.38. The van der Waals surface area contributed by atoms with Crippen molar-refractivity contribution in [2.75, 3.05) is 23.0 Å². The average Bonchev–Trinajstić information content (AvgIpc) is 2.70. The first-order valence-electron chi connectivity index (χ1n) is 9.26. The number of carbonyl (C=O) groups is 3. The molecule has 152 valence electrons. The van der Waals surface area contributed by atoms with Crippen molar-refractivity contribution < 1.29 is 19.1 Å². The standard InChI is InChI=1S/C21H22BrN3O4/c1-3-13(2)25(16-7-4-14(5-8-16)21(23)28)19(26)11-24-17-9-6-15(22)10-18(17)29-12-20(24)27/h4-10,13H,3,11-12H2,1-2H3,(H2,23,28)/t13-/m1/s1. The number of hydrogen-bond acceptors (Lipinski definition) is 4. The second kappa shape index (κ2) is 8.65. The van der Waals surface area contributed by atoms with Crippen molar-refractivity contribution in [3.05, 3.63) is 52.5 Å². The maximum absolute atomic E-state index is 13.2. The summed E-state index contributed by atoms with van der Waals surface area (Å²) in [6.45, 7) is 3.69. The van der Waals surface area contributed by atoms with Gasteiger partial charge in [-0.15, -0.1) is 0 Å². The molecular formula is C21H22BrN3O4. The number of amides is 3. The minimum absolute atomic E-state index is 0.0949. The monoisotopic (exact) mass is 459 g/mol. The quantitative estimate of drug-likeness (QED) is 0.717. The van der Waals surface area contributed by atoms with Gasteiger partial charge in [0, 0.05) is 21.8 Å². The largest absolute Gasteiger partial charge is 0.482 e. The van der Waals surface area contributed by atoms with Gasteiger partial charge in [0.1, 0.15) is 12.3 Å². The van der Waals surface area contributed by atoms with Crippen LogP contribution in [-0.4, -0.2) is 36.9 Å². The molecule has 1 aliphatic rings. The number of benzene rings is 2. The predicted molar refractivity (Wildman–Crippen MR) is 114 cm³/mol. The predicted octanol–water partition coefficient (Wildman–Crippen LogP) is 3.11. The first-order valence-corrected chi connectivity index (χ1v) is 10.1. The van der Waals surface area contributed by atoms with Gasteiger partial charge in [-0.25, -0.2) is 0 Å². The second-order valence-corrected chi connectivity index (χ2v) is 7.73. The zero-order valence-corrected chi connectivity index (χ0v) is 17.8. The highest BCUT2D eigenvalue weighted by Crippen LogP contribution is 2.34. The number of hydrogen-bond donors (Lipinski definition) is 1. The van der Waals surface area contributed by atoms with Crippen LogP contribution in [0.15, 0.2) is 46.9 Å². The van der Waals surface area contributed by atoms with Gasteiger partial charge in [-0.3, -0.25) is 19.3 Å². The van der Waals surface area contributed by atoms with Crippen LogP contribution in [-0.2, 0) is 9.59 Å². The highest BCUT2D eigenvalue weighted by molar-refractivity contribution is 9.10. The Labute approximate surface area is 177 Å². The van der Waals surface area contributed by atoms with E-state index in [1.54, 1.807) is 47.4 Å². The summed E-state index contributed by atoms with van der Waals surface area (Å²) in [5.74, 6) is -0.482. The van der Waals surface area contributed by atoms with Gasteiger partial charge >= 0.3 is 0 Å². The van der Waals surface area contributed by atoms with E-state index in [0.717, 1.165) is 10.9 Å². The number of rotatable bonds is 6. The van der Waals surface area contributed by atoms with Gasteiger partial charge in [0.2, 0.25) is 11.8 Å². The van der Waals surface area contributed by atoms with Crippen LogP contribution in [0.2, 0.25) is 0 Å². The van der Waals surface area contributed by atoms with Crippen LogP contribution in [0.1, 0.15) is 30.6 Å². The van der Waals surface area contributed by atoms with E-state index in [1.807, 2.05) is 13.8 Å². The lowest BCUT2D eigenvalue weighted by Crippen LogP contribution is -2.49. The Bertz CT molecular complexity index is 945. The number of fused-ring (bicyclic) bond motifs is 1. The molecule has 0 aliphatic carbocycles. The molecule has 2 aromatic carbocycles. The van der Waals surface area contributed by atoms with Crippen molar-refractivity contribution >= 4 is 45.0 Å². The summed E-state index contributed by atoms with van der Waals surface area (Å²) in [5, 5.41) is 0. The SMILES string of the molecule is CC[C@@H](C)N(C(=O)CN1C(=O)COc2cc(Br)ccc21)c1ccc(C(N)=O)cc1. The Morgan fingerprint density at radius 3 is 2.55 bits per heavy atom. The number of anilines is 2. The number of carbonyl (C=O) groups excluding carboxylic acids is 3. The first kappa shape index (κ1) is 20.9. The third-order valence-electron chi connectivity index (χ3n) is 4.89. The molecule has 0 aromatic heterocycles. The van der Waals surface area contributed by atoms with Crippen molar-refractivity contribution in [1.29, 1.82) is 0 Å². The van der Waals surface area contributed by atoms with E-state index in [4.69, 9.17) is 10.5 Å². The minimum atomic E-state index is -0.528. The zero-order valence-electron chi connectivity index (χ0n) is 16.2. The molecule has 0 unspecified atom stereocenters. The van der Waals surface area contributed by atoms with E-state index in [2.05, 4.69) is 15.9 Å². The lowest BCUT2D eigenvalue weighted by molar-refractivity contribution is -0.124. The van der Waals surface area contributed by atoms with Gasteiger partial charge in [-0.05, 0) is 55.8 Å². The fourth-order valence-electron chi connectivity index (χ4n) is 3.18. The summed E-state index contributed by atoms with van der Waals surface area (Å²) < 4.78 is 6.31. The third kappa shape index (κ3) is 4.42. The van der Waals surface area contributed by atoms with Crippen molar-refractivity contribution in [1.82, 2.24) is 0 Å². The maximum atomic E-state index is 13.2. The Morgan fingerprint density at radius 2 is 1.93 bits per heavy atom. The summed E-state index contributed by atoms with van der Waals surface area (Å²) in [6.07, 6.45) is 0.726. The normalized spacial score (nSPS) is 14.0. The van der Waals surface area contributed by atoms with Gasteiger partial charge < -0.3 is 15.4 Å². The van der Waals surface area contributed by atoms with Crippen LogP contribution in [0.25, 0.3) is 0 Å². The molecule has 8 heteroatoms. The van der Waals surface area contributed by atoms with Crippen LogP contribution in [0.4, 0.5) is 11.4 Å². The molecule has 2 N–H and O–H groups in total. The molecule has 7 nitrogen and oxygen atoms in total. The molecule has 1 heterocycles. The minimum Gasteiger partial charge on any atom is -0.482 e. The van der Waals surface area contributed by atoms with Crippen molar-refractivity contribution in [3.63, 3.8) is 0 Å². The van der Waals surface area contributed by atoms with E-state index >= 15 is 0 Å². The van der Waals surface area contributed by atoms with Gasteiger partial charge in [0.25, 0.3) is 5.91 Å². The molecule has 0 radical (unpaired) electrons. The smallest absolute Gasteiger partial charge is 0.265 e. The van der Waals surface area contributed by atoms with Crippen molar-refractivity contribution in [2.45, 2.75) is 26.3 Å². The van der Waals surface area contributed by atoms with E-state index in [-0.39, 0.29) is 31.0 Å². The van der Waals surface area contributed by atoms with Crippen LogP contribution < -0.4 is 20.3 Å². The molecule has 3 rings (SSSR count). The first-order chi connectivity index (χ1) is 13.8. The summed E-state index contributed by atoms with van der Waals surface area (Å²) in [5.41, 5.74) is 6.88. The fourth-order valence-corrected chi connectivity index (χ4v) is 3.52. The third-order valence-corrected chi connectivity index (χ3v) is 5.38. The molecule has 1 aliphatic heterocycles. The molecule has 1 atom stereocenters. The van der Waals surface area contributed by atoms with E-state index in [0.29, 0.717) is 22.7 Å². The van der Waals surface area contributed by atoms with Gasteiger partial charge in [0.15, 0.2) is 6.61 Å². The van der Waals surface area contributed by atoms with Crippen LogP contribution in [0.5, 0.6) is 5.75 Å². The molecule has 0 bridgehead atoms. The average molecular weight is 460 g/mol. The number of primary amides is 1. The number of ether oxygens (including phenoxy) is 1. The van der Waals surface area contributed by atoms with Gasteiger partial charge in [-0.1, -0.05) is 22.9 Å². The van der Waals surface area contributed by atoms with E-state index in [9.17, 15) is 14.4 Å². The van der Waals surface area contributed by atoms with Crippen molar-refractivity contribution in [3.8, 4) is 5.75 Å². The number of halogens is 1. The fraction of sp³-hybridized carbons (Fsp3) is 0.286. The molecule has 0 spiro atoms. The van der Waals surface area contributed by atoms with E-state index < -0.39 is 5.91 Å². The molecule has 29 heavy (non-hydrogen) atoms. The summed E-state index contributed by atoms with van der Waals surface area (Å²) in [7, 11) is 0. The number of nitrogens with two attached hydrogens (primary N) is 1. The highest BCUT2D eigenvalue weighted by Gasteiger charge is 2.30. The Kier molecular flexibility index (Phi) is 6.22. The Balaban J connectivity index is 1.89. The summed E-state index contributed by atoms with van der Waals surface area (Å²) in [6, 6.07) is 11.8. The molecular weight excluding hydrogens is 438 g/mol.